The zero-order valence-electron chi connectivity index (χ0n) is 9.44. The Morgan fingerprint density at radius 2 is 2.25 bits per heavy atom. The van der Waals surface area contributed by atoms with E-state index in [1.807, 2.05) is 6.07 Å². The Hall–Kier alpha value is -1.48. The van der Waals surface area contributed by atoms with Crippen LogP contribution in [0.25, 0.3) is 10.9 Å². The molecule has 0 aliphatic carbocycles. The Kier molecular flexibility index (Phi) is 2.14. The standard InChI is InChI=1S/C13H16N2O/c1-16-10-5-4-9-7-13-11(14)3-2-6-15(13)12(9)8-10/h4-5,7-8,11H,2-3,6,14H2,1H3. The van der Waals surface area contributed by atoms with Crippen molar-refractivity contribution in [1.29, 1.82) is 0 Å². The molecule has 2 heterocycles. The van der Waals surface area contributed by atoms with Gasteiger partial charge >= 0.3 is 0 Å². The summed E-state index contributed by atoms with van der Waals surface area (Å²) in [5.74, 6) is 0.910. The maximum atomic E-state index is 6.13. The second kappa shape index (κ2) is 3.52. The van der Waals surface area contributed by atoms with E-state index < -0.39 is 0 Å². The fraction of sp³-hybridized carbons (Fsp3) is 0.385. The Bertz CT molecular complexity index is 530. The number of aromatic nitrogens is 1. The summed E-state index contributed by atoms with van der Waals surface area (Å²) in [6.07, 6.45) is 2.25. The minimum atomic E-state index is 0.187. The van der Waals surface area contributed by atoms with Crippen LogP contribution in [0.5, 0.6) is 5.75 Å². The molecule has 0 fully saturated rings. The highest BCUT2D eigenvalue weighted by Crippen LogP contribution is 2.31. The number of nitrogens with zero attached hydrogens (tertiary/aromatic N) is 1. The topological polar surface area (TPSA) is 40.2 Å². The smallest absolute Gasteiger partial charge is 0.120 e. The molecule has 84 valence electrons. The molecule has 1 aromatic heterocycles. The lowest BCUT2D eigenvalue weighted by atomic mass is 10.1. The van der Waals surface area contributed by atoms with Gasteiger partial charge in [0, 0.05) is 29.7 Å². The number of methoxy groups -OCH3 is 1. The second-order valence-electron chi connectivity index (χ2n) is 4.39. The predicted octanol–water partition coefficient (Wildman–Crippen LogP) is 2.44. The molecule has 1 atom stereocenters. The van der Waals surface area contributed by atoms with Crippen LogP contribution in [0.15, 0.2) is 24.3 Å². The first kappa shape index (κ1) is 9.73. The van der Waals surface area contributed by atoms with Gasteiger partial charge in [-0.15, -0.1) is 0 Å². The summed E-state index contributed by atoms with van der Waals surface area (Å²) in [5, 5.41) is 1.26. The van der Waals surface area contributed by atoms with Crippen molar-refractivity contribution in [2.24, 2.45) is 5.73 Å². The van der Waals surface area contributed by atoms with E-state index in [4.69, 9.17) is 10.5 Å². The van der Waals surface area contributed by atoms with Gasteiger partial charge in [0.2, 0.25) is 0 Å². The van der Waals surface area contributed by atoms with E-state index in [1.54, 1.807) is 7.11 Å². The third kappa shape index (κ3) is 1.32. The highest BCUT2D eigenvalue weighted by Gasteiger charge is 2.19. The number of hydrogen-bond acceptors (Lipinski definition) is 2. The van der Waals surface area contributed by atoms with Gasteiger partial charge in [-0.05, 0) is 31.0 Å². The monoisotopic (exact) mass is 216 g/mol. The third-order valence-corrected chi connectivity index (χ3v) is 3.42. The molecule has 3 nitrogen and oxygen atoms in total. The van der Waals surface area contributed by atoms with Crippen LogP contribution in [0.1, 0.15) is 24.6 Å². The number of rotatable bonds is 1. The Morgan fingerprint density at radius 1 is 1.38 bits per heavy atom. The Morgan fingerprint density at radius 3 is 3.06 bits per heavy atom. The SMILES string of the molecule is COc1ccc2cc3n(c2c1)CCCC3N. The van der Waals surface area contributed by atoms with Crippen molar-refractivity contribution < 1.29 is 4.74 Å². The van der Waals surface area contributed by atoms with Crippen LogP contribution >= 0.6 is 0 Å². The van der Waals surface area contributed by atoms with Crippen LogP contribution in [0.4, 0.5) is 0 Å². The molecule has 1 aliphatic rings. The molecule has 0 saturated carbocycles. The van der Waals surface area contributed by atoms with Crippen LogP contribution in [-0.2, 0) is 6.54 Å². The predicted molar refractivity (Wildman–Crippen MR) is 64.7 cm³/mol. The summed E-state index contributed by atoms with van der Waals surface area (Å²) in [6, 6.07) is 8.59. The molecular formula is C13H16N2O. The molecule has 1 aromatic carbocycles. The fourth-order valence-corrected chi connectivity index (χ4v) is 2.56. The van der Waals surface area contributed by atoms with Gasteiger partial charge in [0.1, 0.15) is 5.75 Å². The first-order valence-corrected chi connectivity index (χ1v) is 5.72. The van der Waals surface area contributed by atoms with Gasteiger partial charge in [0.25, 0.3) is 0 Å². The highest BCUT2D eigenvalue weighted by atomic mass is 16.5. The largest absolute Gasteiger partial charge is 0.497 e. The molecule has 0 amide bonds. The van der Waals surface area contributed by atoms with E-state index in [-0.39, 0.29) is 6.04 Å². The summed E-state index contributed by atoms with van der Waals surface area (Å²) in [4.78, 5) is 0. The molecular weight excluding hydrogens is 200 g/mol. The van der Waals surface area contributed by atoms with Crippen LogP contribution in [-0.4, -0.2) is 11.7 Å². The lowest BCUT2D eigenvalue weighted by Crippen LogP contribution is -2.20. The van der Waals surface area contributed by atoms with Crippen molar-refractivity contribution in [1.82, 2.24) is 4.57 Å². The second-order valence-corrected chi connectivity index (χ2v) is 4.39. The minimum Gasteiger partial charge on any atom is -0.497 e. The van der Waals surface area contributed by atoms with Gasteiger partial charge in [-0.25, -0.2) is 0 Å². The van der Waals surface area contributed by atoms with Crippen molar-refractivity contribution in [3.8, 4) is 5.75 Å². The number of ether oxygens (including phenoxy) is 1. The first-order chi connectivity index (χ1) is 7.79. The van der Waals surface area contributed by atoms with Gasteiger partial charge in [-0.1, -0.05) is 0 Å². The van der Waals surface area contributed by atoms with E-state index in [0.29, 0.717) is 0 Å². The number of benzene rings is 1. The summed E-state index contributed by atoms with van der Waals surface area (Å²) in [5.41, 5.74) is 8.63. The zero-order chi connectivity index (χ0) is 11.1. The normalized spacial score (nSPS) is 19.8. The molecule has 3 rings (SSSR count). The molecule has 3 heteroatoms. The van der Waals surface area contributed by atoms with Gasteiger partial charge in [-0.3, -0.25) is 0 Å². The van der Waals surface area contributed by atoms with Crippen molar-refractivity contribution in [2.45, 2.75) is 25.4 Å². The van der Waals surface area contributed by atoms with E-state index in [1.165, 1.54) is 16.6 Å². The number of aryl methyl sites for hydroxylation is 1. The van der Waals surface area contributed by atoms with Crippen molar-refractivity contribution in [3.63, 3.8) is 0 Å². The first-order valence-electron chi connectivity index (χ1n) is 5.72. The molecule has 0 bridgehead atoms. The molecule has 0 spiro atoms. The van der Waals surface area contributed by atoms with Gasteiger partial charge in [0.05, 0.1) is 12.6 Å². The molecule has 0 radical (unpaired) electrons. The molecule has 1 unspecified atom stereocenters. The maximum Gasteiger partial charge on any atom is 0.120 e. The van der Waals surface area contributed by atoms with Gasteiger partial charge in [-0.2, -0.15) is 0 Å². The average Bonchev–Trinajstić information content (AvgIpc) is 2.68. The lowest BCUT2D eigenvalue weighted by molar-refractivity contribution is 0.414. The number of nitrogens with two attached hydrogens (primary N) is 1. The van der Waals surface area contributed by atoms with Crippen LogP contribution in [0, 0.1) is 0 Å². The summed E-state index contributed by atoms with van der Waals surface area (Å²) >= 11 is 0. The molecule has 16 heavy (non-hydrogen) atoms. The van der Waals surface area contributed by atoms with Crippen molar-refractivity contribution >= 4 is 10.9 Å². The molecule has 0 saturated heterocycles. The lowest BCUT2D eigenvalue weighted by Gasteiger charge is -2.21. The van der Waals surface area contributed by atoms with E-state index >= 15 is 0 Å². The zero-order valence-corrected chi connectivity index (χ0v) is 9.44. The molecule has 2 N–H and O–H groups in total. The van der Waals surface area contributed by atoms with Crippen LogP contribution in [0.2, 0.25) is 0 Å². The summed E-state index contributed by atoms with van der Waals surface area (Å²) in [7, 11) is 1.70. The maximum absolute atomic E-state index is 6.13. The summed E-state index contributed by atoms with van der Waals surface area (Å²) in [6.45, 7) is 1.07. The van der Waals surface area contributed by atoms with Crippen LogP contribution < -0.4 is 10.5 Å². The van der Waals surface area contributed by atoms with Gasteiger partial charge < -0.3 is 15.0 Å². The minimum absolute atomic E-state index is 0.187. The van der Waals surface area contributed by atoms with E-state index in [0.717, 1.165) is 25.1 Å². The van der Waals surface area contributed by atoms with Crippen molar-refractivity contribution in [3.05, 3.63) is 30.0 Å². The molecule has 1 aliphatic heterocycles. The molecule has 2 aromatic rings. The average molecular weight is 216 g/mol. The van der Waals surface area contributed by atoms with Crippen molar-refractivity contribution in [2.75, 3.05) is 7.11 Å². The third-order valence-electron chi connectivity index (χ3n) is 3.42. The quantitative estimate of drug-likeness (QED) is 0.795. The summed E-state index contributed by atoms with van der Waals surface area (Å²) < 4.78 is 7.59. The van der Waals surface area contributed by atoms with Crippen LogP contribution in [0.3, 0.4) is 0 Å². The van der Waals surface area contributed by atoms with Gasteiger partial charge in [0.15, 0.2) is 0 Å². The number of fused-ring (bicyclic) bond motifs is 3. The highest BCUT2D eigenvalue weighted by molar-refractivity contribution is 5.83. The van der Waals surface area contributed by atoms with E-state index in [9.17, 15) is 0 Å². The Labute approximate surface area is 94.8 Å². The Balaban J connectivity index is 2.25. The fourth-order valence-electron chi connectivity index (χ4n) is 2.56. The van der Waals surface area contributed by atoms with E-state index in [2.05, 4.69) is 22.8 Å². The number of hydrogen-bond donors (Lipinski definition) is 1.